The first-order valence-electron chi connectivity index (χ1n) is 5.15. The molecule has 1 N–H and O–H groups in total. The summed E-state index contributed by atoms with van der Waals surface area (Å²) < 4.78 is 13.9. The van der Waals surface area contributed by atoms with E-state index >= 15 is 0 Å². The predicted molar refractivity (Wildman–Crippen MR) is 70.9 cm³/mol. The zero-order valence-electron chi connectivity index (χ0n) is 9.69. The lowest BCUT2D eigenvalue weighted by molar-refractivity contribution is 0.0935. The number of hydrogen-bond donors (Lipinski definition) is 1. The summed E-state index contributed by atoms with van der Waals surface area (Å²) in [6.07, 6.45) is 0. The van der Waals surface area contributed by atoms with E-state index in [1.54, 1.807) is 12.1 Å². The van der Waals surface area contributed by atoms with Crippen LogP contribution in [0.5, 0.6) is 0 Å². The van der Waals surface area contributed by atoms with Gasteiger partial charge >= 0.3 is 0 Å². The van der Waals surface area contributed by atoms with Gasteiger partial charge in [0.15, 0.2) is 0 Å². The molecule has 0 aliphatic carbocycles. The fourth-order valence-electron chi connectivity index (χ4n) is 1.17. The number of carbonyl (C=O) groups excluding carboxylic acids is 1. The molecule has 5 heteroatoms. The van der Waals surface area contributed by atoms with Crippen LogP contribution in [0.15, 0.2) is 22.7 Å². The summed E-state index contributed by atoms with van der Waals surface area (Å²) in [5.41, 5.74) is -0.188. The molecule has 1 aromatic carbocycles. The lowest BCUT2D eigenvalue weighted by atomic mass is 9.96. The van der Waals surface area contributed by atoms with E-state index in [1.165, 1.54) is 6.07 Å². The van der Waals surface area contributed by atoms with Gasteiger partial charge in [0.25, 0.3) is 5.91 Å². The molecule has 94 valence electrons. The number of halogens is 3. The number of alkyl halides is 1. The van der Waals surface area contributed by atoms with Crippen molar-refractivity contribution in [3.63, 3.8) is 0 Å². The fraction of sp³-hybridized carbons (Fsp3) is 0.417. The second kappa shape index (κ2) is 5.83. The molecule has 0 heterocycles. The molecule has 0 saturated carbocycles. The Morgan fingerprint density at radius 2 is 2.18 bits per heavy atom. The van der Waals surface area contributed by atoms with Crippen molar-refractivity contribution in [1.29, 1.82) is 0 Å². The van der Waals surface area contributed by atoms with E-state index in [2.05, 4.69) is 21.2 Å². The maximum Gasteiger partial charge on any atom is 0.255 e. The first kappa shape index (κ1) is 14.5. The second-order valence-corrected chi connectivity index (χ2v) is 5.70. The molecular weight excluding hydrogens is 308 g/mol. The van der Waals surface area contributed by atoms with Gasteiger partial charge in [-0.3, -0.25) is 4.79 Å². The SMILES string of the molecule is CC(C)(CCl)CNC(=O)c1c(F)cccc1Br. The number of hydrogen-bond acceptors (Lipinski definition) is 1. The Morgan fingerprint density at radius 1 is 1.53 bits per heavy atom. The highest BCUT2D eigenvalue weighted by atomic mass is 79.9. The topological polar surface area (TPSA) is 29.1 Å². The molecular formula is C12H14BrClFNO. The Bertz CT molecular complexity index is 403. The van der Waals surface area contributed by atoms with E-state index in [0.717, 1.165) is 0 Å². The number of amides is 1. The zero-order chi connectivity index (χ0) is 13.1. The first-order chi connectivity index (χ1) is 7.87. The molecule has 17 heavy (non-hydrogen) atoms. The lowest BCUT2D eigenvalue weighted by Gasteiger charge is -2.21. The Labute approximate surface area is 114 Å². The summed E-state index contributed by atoms with van der Waals surface area (Å²) in [5, 5.41) is 2.68. The second-order valence-electron chi connectivity index (χ2n) is 4.58. The number of carbonyl (C=O) groups is 1. The van der Waals surface area contributed by atoms with Crippen molar-refractivity contribution in [2.24, 2.45) is 5.41 Å². The van der Waals surface area contributed by atoms with Crippen LogP contribution < -0.4 is 5.32 Å². The van der Waals surface area contributed by atoms with E-state index in [-0.39, 0.29) is 11.0 Å². The molecule has 0 saturated heterocycles. The summed E-state index contributed by atoms with van der Waals surface area (Å²) in [5.74, 6) is -0.556. The number of rotatable bonds is 4. The van der Waals surface area contributed by atoms with E-state index in [4.69, 9.17) is 11.6 Å². The molecule has 1 amide bonds. The van der Waals surface area contributed by atoms with Gasteiger partial charge in [-0.05, 0) is 33.5 Å². The molecule has 0 atom stereocenters. The predicted octanol–water partition coefficient (Wildman–Crippen LogP) is 3.58. The van der Waals surface area contributed by atoms with Crippen LogP contribution in [-0.2, 0) is 0 Å². The minimum Gasteiger partial charge on any atom is -0.351 e. The minimum atomic E-state index is -0.541. The quantitative estimate of drug-likeness (QED) is 0.843. The summed E-state index contributed by atoms with van der Waals surface area (Å²) in [6, 6.07) is 4.43. The Hall–Kier alpha value is -0.610. The van der Waals surface area contributed by atoms with Gasteiger partial charge in [0.05, 0.1) is 5.56 Å². The molecule has 0 radical (unpaired) electrons. The number of nitrogens with one attached hydrogen (secondary N) is 1. The van der Waals surface area contributed by atoms with Crippen LogP contribution in [0.25, 0.3) is 0 Å². The maximum absolute atomic E-state index is 13.5. The average Bonchev–Trinajstić information content (AvgIpc) is 2.26. The van der Waals surface area contributed by atoms with Gasteiger partial charge < -0.3 is 5.32 Å². The molecule has 0 spiro atoms. The Morgan fingerprint density at radius 3 is 2.71 bits per heavy atom. The smallest absolute Gasteiger partial charge is 0.255 e. The Kier molecular flexibility index (Phi) is 4.95. The summed E-state index contributed by atoms with van der Waals surface area (Å²) in [4.78, 5) is 11.8. The summed E-state index contributed by atoms with van der Waals surface area (Å²) in [7, 11) is 0. The molecule has 0 fully saturated rings. The van der Waals surface area contributed by atoms with E-state index in [9.17, 15) is 9.18 Å². The number of benzene rings is 1. The molecule has 1 aromatic rings. The summed E-state index contributed by atoms with van der Waals surface area (Å²) in [6.45, 7) is 4.25. The molecule has 0 aliphatic rings. The van der Waals surface area contributed by atoms with Crippen LogP contribution >= 0.6 is 27.5 Å². The van der Waals surface area contributed by atoms with E-state index in [1.807, 2.05) is 13.8 Å². The van der Waals surface area contributed by atoms with Crippen molar-refractivity contribution in [2.75, 3.05) is 12.4 Å². The third-order valence-corrected chi connectivity index (χ3v) is 3.66. The standard InChI is InChI=1S/C12H14BrClFNO/c1-12(2,6-14)7-16-11(17)10-8(13)4-3-5-9(10)15/h3-5H,6-7H2,1-2H3,(H,16,17). The van der Waals surface area contributed by atoms with Crippen molar-refractivity contribution < 1.29 is 9.18 Å². The third-order valence-electron chi connectivity index (χ3n) is 2.28. The molecule has 0 unspecified atom stereocenters. The molecule has 0 bridgehead atoms. The van der Waals surface area contributed by atoms with Gasteiger partial charge in [0.2, 0.25) is 0 Å². The maximum atomic E-state index is 13.5. The van der Waals surface area contributed by atoms with Gasteiger partial charge in [-0.25, -0.2) is 4.39 Å². The molecule has 0 aromatic heterocycles. The van der Waals surface area contributed by atoms with Gasteiger partial charge in [0.1, 0.15) is 5.82 Å². The van der Waals surface area contributed by atoms with Gasteiger partial charge in [-0.2, -0.15) is 0 Å². The largest absolute Gasteiger partial charge is 0.351 e. The van der Waals surface area contributed by atoms with Crippen LogP contribution in [0.2, 0.25) is 0 Å². The van der Waals surface area contributed by atoms with Crippen LogP contribution in [0, 0.1) is 11.2 Å². The van der Waals surface area contributed by atoms with Crippen molar-refractivity contribution in [1.82, 2.24) is 5.32 Å². The van der Waals surface area contributed by atoms with E-state index < -0.39 is 11.7 Å². The molecule has 1 rings (SSSR count). The van der Waals surface area contributed by atoms with E-state index in [0.29, 0.717) is 16.9 Å². The van der Waals surface area contributed by atoms with Crippen molar-refractivity contribution >= 4 is 33.4 Å². The van der Waals surface area contributed by atoms with Crippen LogP contribution in [0.1, 0.15) is 24.2 Å². The molecule has 2 nitrogen and oxygen atoms in total. The lowest BCUT2D eigenvalue weighted by Crippen LogP contribution is -2.35. The van der Waals surface area contributed by atoms with Crippen LogP contribution in [-0.4, -0.2) is 18.3 Å². The van der Waals surface area contributed by atoms with Crippen LogP contribution in [0.3, 0.4) is 0 Å². The molecule has 0 aliphatic heterocycles. The fourth-order valence-corrected chi connectivity index (χ4v) is 1.79. The normalized spacial score (nSPS) is 11.4. The van der Waals surface area contributed by atoms with Crippen molar-refractivity contribution in [3.8, 4) is 0 Å². The highest BCUT2D eigenvalue weighted by Gasteiger charge is 2.20. The van der Waals surface area contributed by atoms with Gasteiger partial charge in [0, 0.05) is 16.9 Å². The minimum absolute atomic E-state index is 0.0258. The van der Waals surface area contributed by atoms with Crippen molar-refractivity contribution in [3.05, 3.63) is 34.1 Å². The van der Waals surface area contributed by atoms with Gasteiger partial charge in [-0.15, -0.1) is 11.6 Å². The zero-order valence-corrected chi connectivity index (χ0v) is 12.0. The van der Waals surface area contributed by atoms with Gasteiger partial charge in [-0.1, -0.05) is 19.9 Å². The highest BCUT2D eigenvalue weighted by Crippen LogP contribution is 2.20. The monoisotopic (exact) mass is 321 g/mol. The summed E-state index contributed by atoms with van der Waals surface area (Å²) >= 11 is 8.91. The average molecular weight is 323 g/mol. The van der Waals surface area contributed by atoms with Crippen molar-refractivity contribution in [2.45, 2.75) is 13.8 Å². The Balaban J connectivity index is 2.78. The first-order valence-corrected chi connectivity index (χ1v) is 6.48. The third kappa shape index (κ3) is 3.96. The highest BCUT2D eigenvalue weighted by molar-refractivity contribution is 9.10. The van der Waals surface area contributed by atoms with Crippen LogP contribution in [0.4, 0.5) is 4.39 Å².